The van der Waals surface area contributed by atoms with E-state index >= 15 is 0 Å². The minimum Gasteiger partial charge on any atom is -0.264 e. The van der Waals surface area contributed by atoms with Crippen LogP contribution in [0.1, 0.15) is 19.4 Å². The van der Waals surface area contributed by atoms with Gasteiger partial charge >= 0.3 is 0 Å². The normalized spacial score (nSPS) is 11.6. The average molecular weight is 228 g/mol. The summed E-state index contributed by atoms with van der Waals surface area (Å²) in [5, 5.41) is 1.02. The SMILES string of the molecule is CC(C)(CBr)Cc1cccnc1. The Hall–Kier alpha value is -0.370. The molecule has 1 heterocycles. The first-order valence-electron chi connectivity index (χ1n) is 4.09. The van der Waals surface area contributed by atoms with E-state index in [0.717, 1.165) is 11.8 Å². The summed E-state index contributed by atoms with van der Waals surface area (Å²) in [6, 6.07) is 4.11. The van der Waals surface area contributed by atoms with Crippen molar-refractivity contribution < 1.29 is 0 Å². The molecule has 1 aromatic rings. The summed E-state index contributed by atoms with van der Waals surface area (Å²) in [7, 11) is 0. The average Bonchev–Trinajstić information content (AvgIpc) is 2.06. The monoisotopic (exact) mass is 227 g/mol. The lowest BCUT2D eigenvalue weighted by atomic mass is 9.89. The van der Waals surface area contributed by atoms with Gasteiger partial charge < -0.3 is 0 Å². The highest BCUT2D eigenvalue weighted by Gasteiger charge is 2.16. The molecule has 0 atom stereocenters. The van der Waals surface area contributed by atoms with Crippen LogP contribution in [0, 0.1) is 5.41 Å². The van der Waals surface area contributed by atoms with Gasteiger partial charge in [0.2, 0.25) is 0 Å². The quantitative estimate of drug-likeness (QED) is 0.724. The standard InChI is InChI=1S/C10H14BrN/c1-10(2,8-11)6-9-4-3-5-12-7-9/h3-5,7H,6,8H2,1-2H3. The van der Waals surface area contributed by atoms with Crippen LogP contribution in [-0.2, 0) is 6.42 Å². The van der Waals surface area contributed by atoms with Gasteiger partial charge in [-0.05, 0) is 23.5 Å². The van der Waals surface area contributed by atoms with Crippen LogP contribution in [0.5, 0.6) is 0 Å². The van der Waals surface area contributed by atoms with E-state index in [-0.39, 0.29) is 0 Å². The zero-order valence-electron chi connectivity index (χ0n) is 7.55. The number of pyridine rings is 1. The molecular formula is C10H14BrN. The minimum atomic E-state index is 0.322. The molecule has 0 fully saturated rings. The highest BCUT2D eigenvalue weighted by atomic mass is 79.9. The van der Waals surface area contributed by atoms with E-state index in [1.165, 1.54) is 5.56 Å². The fourth-order valence-electron chi connectivity index (χ4n) is 1.10. The van der Waals surface area contributed by atoms with E-state index < -0.39 is 0 Å². The van der Waals surface area contributed by atoms with Crippen molar-refractivity contribution in [2.45, 2.75) is 20.3 Å². The highest BCUT2D eigenvalue weighted by molar-refractivity contribution is 9.09. The molecule has 0 saturated carbocycles. The zero-order chi connectivity index (χ0) is 9.03. The fraction of sp³-hybridized carbons (Fsp3) is 0.500. The predicted octanol–water partition coefficient (Wildman–Crippen LogP) is 3.05. The van der Waals surface area contributed by atoms with Crippen molar-refractivity contribution in [2.75, 3.05) is 5.33 Å². The van der Waals surface area contributed by atoms with Crippen molar-refractivity contribution in [3.8, 4) is 0 Å². The maximum atomic E-state index is 4.09. The Morgan fingerprint density at radius 1 is 1.50 bits per heavy atom. The Morgan fingerprint density at radius 2 is 2.25 bits per heavy atom. The minimum absolute atomic E-state index is 0.322. The van der Waals surface area contributed by atoms with E-state index in [1.54, 1.807) is 0 Å². The summed E-state index contributed by atoms with van der Waals surface area (Å²) in [5.41, 5.74) is 1.63. The van der Waals surface area contributed by atoms with Crippen molar-refractivity contribution in [2.24, 2.45) is 5.41 Å². The molecule has 0 unspecified atom stereocenters. The van der Waals surface area contributed by atoms with Crippen LogP contribution in [0.3, 0.4) is 0 Å². The smallest absolute Gasteiger partial charge is 0.0300 e. The number of rotatable bonds is 3. The van der Waals surface area contributed by atoms with Gasteiger partial charge in [-0.1, -0.05) is 35.8 Å². The van der Waals surface area contributed by atoms with Crippen molar-refractivity contribution in [3.05, 3.63) is 30.1 Å². The molecule has 0 bridgehead atoms. The Balaban J connectivity index is 2.64. The van der Waals surface area contributed by atoms with Crippen LogP contribution < -0.4 is 0 Å². The third-order valence-corrected chi connectivity index (χ3v) is 3.29. The van der Waals surface area contributed by atoms with Gasteiger partial charge in [0.15, 0.2) is 0 Å². The van der Waals surface area contributed by atoms with Gasteiger partial charge in [0.25, 0.3) is 0 Å². The maximum Gasteiger partial charge on any atom is 0.0300 e. The number of hydrogen-bond acceptors (Lipinski definition) is 1. The summed E-state index contributed by atoms with van der Waals surface area (Å²) in [6.07, 6.45) is 4.82. The molecule has 0 spiro atoms. The van der Waals surface area contributed by atoms with E-state index in [1.807, 2.05) is 18.5 Å². The number of alkyl halides is 1. The third-order valence-electron chi connectivity index (χ3n) is 1.77. The summed E-state index contributed by atoms with van der Waals surface area (Å²) in [5.74, 6) is 0. The van der Waals surface area contributed by atoms with E-state index in [2.05, 4.69) is 40.8 Å². The molecule has 2 heteroatoms. The first-order chi connectivity index (χ1) is 5.64. The first kappa shape index (κ1) is 9.72. The Labute approximate surface area is 82.3 Å². The molecule has 0 saturated heterocycles. The molecule has 0 amide bonds. The summed E-state index contributed by atoms with van der Waals surface area (Å²) < 4.78 is 0. The van der Waals surface area contributed by atoms with Gasteiger partial charge in [-0.15, -0.1) is 0 Å². The third kappa shape index (κ3) is 2.94. The number of aromatic nitrogens is 1. The van der Waals surface area contributed by atoms with Crippen LogP contribution in [0.2, 0.25) is 0 Å². The lowest BCUT2D eigenvalue weighted by molar-refractivity contribution is 0.424. The second-order valence-corrected chi connectivity index (χ2v) is 4.40. The number of halogens is 1. The summed E-state index contributed by atoms with van der Waals surface area (Å²) >= 11 is 3.51. The van der Waals surface area contributed by atoms with E-state index in [4.69, 9.17) is 0 Å². The van der Waals surface area contributed by atoms with Gasteiger partial charge in [-0.3, -0.25) is 4.98 Å². The second-order valence-electron chi connectivity index (χ2n) is 3.84. The molecule has 0 radical (unpaired) electrons. The molecule has 1 rings (SSSR count). The van der Waals surface area contributed by atoms with Crippen LogP contribution in [0.4, 0.5) is 0 Å². The maximum absolute atomic E-state index is 4.09. The Kier molecular flexibility index (Phi) is 3.27. The molecule has 0 aliphatic heterocycles. The zero-order valence-corrected chi connectivity index (χ0v) is 9.13. The van der Waals surface area contributed by atoms with Crippen LogP contribution in [-0.4, -0.2) is 10.3 Å². The predicted molar refractivity (Wildman–Crippen MR) is 55.5 cm³/mol. The summed E-state index contributed by atoms with van der Waals surface area (Å²) in [4.78, 5) is 4.09. The number of nitrogens with zero attached hydrogens (tertiary/aromatic N) is 1. The molecule has 0 aromatic carbocycles. The van der Waals surface area contributed by atoms with Gasteiger partial charge in [0.1, 0.15) is 0 Å². The van der Waals surface area contributed by atoms with Crippen LogP contribution in [0.25, 0.3) is 0 Å². The van der Waals surface area contributed by atoms with Crippen molar-refractivity contribution >= 4 is 15.9 Å². The lowest BCUT2D eigenvalue weighted by Gasteiger charge is -2.20. The topological polar surface area (TPSA) is 12.9 Å². The van der Waals surface area contributed by atoms with Gasteiger partial charge in [0.05, 0.1) is 0 Å². The van der Waals surface area contributed by atoms with Crippen molar-refractivity contribution in [1.82, 2.24) is 4.98 Å². The first-order valence-corrected chi connectivity index (χ1v) is 5.21. The van der Waals surface area contributed by atoms with Gasteiger partial charge in [0, 0.05) is 17.7 Å². The van der Waals surface area contributed by atoms with Gasteiger partial charge in [-0.2, -0.15) is 0 Å². The molecule has 1 aromatic heterocycles. The Bertz CT molecular complexity index is 231. The van der Waals surface area contributed by atoms with Crippen molar-refractivity contribution in [3.63, 3.8) is 0 Å². The van der Waals surface area contributed by atoms with Crippen molar-refractivity contribution in [1.29, 1.82) is 0 Å². The van der Waals surface area contributed by atoms with E-state index in [0.29, 0.717) is 5.41 Å². The van der Waals surface area contributed by atoms with Crippen LogP contribution >= 0.6 is 15.9 Å². The molecule has 0 N–H and O–H groups in total. The molecule has 0 aliphatic rings. The second kappa shape index (κ2) is 4.04. The molecule has 1 nitrogen and oxygen atoms in total. The largest absolute Gasteiger partial charge is 0.264 e. The van der Waals surface area contributed by atoms with Crippen LogP contribution in [0.15, 0.2) is 24.5 Å². The Morgan fingerprint density at radius 3 is 2.75 bits per heavy atom. The fourth-order valence-corrected chi connectivity index (χ4v) is 1.30. The number of hydrogen-bond donors (Lipinski definition) is 0. The molecule has 12 heavy (non-hydrogen) atoms. The lowest BCUT2D eigenvalue weighted by Crippen LogP contribution is -2.16. The summed E-state index contributed by atoms with van der Waals surface area (Å²) in [6.45, 7) is 4.49. The molecular weight excluding hydrogens is 214 g/mol. The van der Waals surface area contributed by atoms with E-state index in [9.17, 15) is 0 Å². The molecule has 66 valence electrons. The molecule has 0 aliphatic carbocycles. The van der Waals surface area contributed by atoms with Gasteiger partial charge in [-0.25, -0.2) is 0 Å². The highest BCUT2D eigenvalue weighted by Crippen LogP contribution is 2.23.